The molecule has 1 atom stereocenters. The topological polar surface area (TPSA) is 161 Å². The number of aromatic hydroxyl groups is 1. The van der Waals surface area contributed by atoms with Gasteiger partial charge in [0.1, 0.15) is 17.5 Å². The van der Waals surface area contributed by atoms with Crippen molar-refractivity contribution in [2.45, 2.75) is 32.2 Å². The molecule has 15 heteroatoms. The van der Waals surface area contributed by atoms with Gasteiger partial charge in [-0.1, -0.05) is 24.3 Å². The molecule has 1 aromatic heterocycles. The molecule has 4 aromatic carbocycles. The summed E-state index contributed by atoms with van der Waals surface area (Å²) < 4.78 is 24.5. The summed E-state index contributed by atoms with van der Waals surface area (Å²) in [4.78, 5) is 50.4. The molecule has 0 spiro atoms. The van der Waals surface area contributed by atoms with Crippen molar-refractivity contribution in [3.8, 4) is 16.9 Å². The third-order valence-corrected chi connectivity index (χ3v) is 9.46. The Bertz CT molecular complexity index is 2200. The van der Waals surface area contributed by atoms with Crippen molar-refractivity contribution in [2.24, 2.45) is 12.2 Å². The summed E-state index contributed by atoms with van der Waals surface area (Å²) in [6.07, 6.45) is 0.497. The minimum Gasteiger partial charge on any atom is -0.506 e. The number of anilines is 2. The first kappa shape index (κ1) is 34.0. The molecule has 1 saturated heterocycles. The fourth-order valence-corrected chi connectivity index (χ4v) is 6.85. The lowest BCUT2D eigenvalue weighted by molar-refractivity contribution is -0.135. The second kappa shape index (κ2) is 14.0. The van der Waals surface area contributed by atoms with Crippen LogP contribution in [0.25, 0.3) is 32.9 Å². The number of nitrogens with one attached hydrogen (secondary N) is 2. The van der Waals surface area contributed by atoms with Gasteiger partial charge < -0.3 is 14.6 Å². The number of carbonyl (C=O) groups excluding carboxylic acids is 3. The Kier molecular flexibility index (Phi) is 9.70. The monoisotopic (exact) mass is 704 g/mol. The quantitative estimate of drug-likeness (QED) is 0.0603. The van der Waals surface area contributed by atoms with E-state index in [9.17, 15) is 24.3 Å². The van der Waals surface area contributed by atoms with Crippen LogP contribution in [-0.2, 0) is 32.0 Å². The normalized spacial score (nSPS) is 14.8. The molecular weight excluding hydrogens is 672 g/mol. The number of piperidine rings is 1. The van der Waals surface area contributed by atoms with Crippen molar-refractivity contribution in [1.82, 2.24) is 14.5 Å². The highest BCUT2D eigenvalue weighted by Gasteiger charge is 2.31. The molecule has 0 aliphatic carbocycles. The van der Waals surface area contributed by atoms with E-state index >= 15 is 4.39 Å². The molecule has 1 fully saturated rings. The van der Waals surface area contributed by atoms with Gasteiger partial charge in [0.25, 0.3) is 0 Å². The number of phenolic OH excluding ortho intramolecular Hbond substituents is 1. The Balaban J connectivity index is 1.19. The van der Waals surface area contributed by atoms with E-state index in [0.717, 1.165) is 34.4 Å². The predicted molar refractivity (Wildman–Crippen MR) is 191 cm³/mol. The van der Waals surface area contributed by atoms with Gasteiger partial charge in [-0.25, -0.2) is 9.18 Å². The van der Waals surface area contributed by atoms with Crippen molar-refractivity contribution in [3.63, 3.8) is 0 Å². The van der Waals surface area contributed by atoms with Crippen molar-refractivity contribution >= 4 is 75.9 Å². The first-order chi connectivity index (χ1) is 23.5. The molecule has 0 bridgehead atoms. The Morgan fingerprint density at radius 1 is 1.14 bits per heavy atom. The molecule has 0 radical (unpaired) electrons. The molecule has 2 heterocycles. The zero-order chi connectivity index (χ0) is 35.0. The van der Waals surface area contributed by atoms with Crippen LogP contribution in [0.3, 0.4) is 0 Å². The summed E-state index contributed by atoms with van der Waals surface area (Å²) >= 11 is 4.44. The van der Waals surface area contributed by atoms with Crippen molar-refractivity contribution in [2.75, 3.05) is 22.8 Å². The van der Waals surface area contributed by atoms with Gasteiger partial charge in [-0.2, -0.15) is 0 Å². The highest BCUT2D eigenvalue weighted by molar-refractivity contribution is 7.98. The number of phenols is 1. The Labute approximate surface area is 289 Å². The molecule has 1 unspecified atom stereocenters. The van der Waals surface area contributed by atoms with E-state index in [-0.39, 0.29) is 66.7 Å². The summed E-state index contributed by atoms with van der Waals surface area (Å²) in [7, 11) is 1.65. The van der Waals surface area contributed by atoms with Gasteiger partial charge >= 0.3 is 5.69 Å². The number of hydrogen-bond acceptors (Lipinski definition) is 10. The third-order valence-electron chi connectivity index (χ3n) is 8.65. The van der Waals surface area contributed by atoms with Gasteiger partial charge in [-0.15, -0.1) is 0 Å². The number of halogens is 1. The number of nitrogens with zero attached hydrogens (tertiary/aromatic N) is 3. The first-order valence-electron chi connectivity index (χ1n) is 15.3. The number of hydrogen-bond donors (Lipinski definition) is 5. The number of thiol groups is 1. The summed E-state index contributed by atoms with van der Waals surface area (Å²) in [5.74, 6) is -2.08. The van der Waals surface area contributed by atoms with Crippen LogP contribution in [0.5, 0.6) is 5.75 Å². The Hall–Kier alpha value is -4.83. The second-order valence-corrected chi connectivity index (χ2v) is 12.7. The van der Waals surface area contributed by atoms with Gasteiger partial charge in [0.2, 0.25) is 17.7 Å². The smallest absolute Gasteiger partial charge is 0.329 e. The number of rotatable bonds is 10. The van der Waals surface area contributed by atoms with E-state index in [1.54, 1.807) is 25.2 Å². The number of aryl methyl sites for hydroxylation is 2. The van der Waals surface area contributed by atoms with Crippen LogP contribution in [0.1, 0.15) is 30.0 Å². The van der Waals surface area contributed by atoms with E-state index in [2.05, 4.69) is 23.5 Å². The van der Waals surface area contributed by atoms with Crippen molar-refractivity contribution in [1.29, 1.82) is 0 Å². The fourth-order valence-electron chi connectivity index (χ4n) is 6.30. The van der Waals surface area contributed by atoms with E-state index in [4.69, 9.17) is 9.32 Å². The number of imide groups is 1. The van der Waals surface area contributed by atoms with Crippen LogP contribution in [0.15, 0.2) is 65.5 Å². The van der Waals surface area contributed by atoms with Crippen molar-refractivity contribution in [3.05, 3.63) is 88.1 Å². The molecule has 5 N–H and O–H groups in total. The minimum atomic E-state index is -0.766. The molecule has 1 aliphatic rings. The van der Waals surface area contributed by atoms with Gasteiger partial charge in [-0.05, 0) is 90.3 Å². The Morgan fingerprint density at radius 2 is 1.94 bits per heavy atom. The number of carbonyl (C=O) groups is 3. The summed E-state index contributed by atoms with van der Waals surface area (Å²) in [5, 5.41) is 22.1. The molecule has 5 aromatic rings. The number of fused-ring (bicyclic) bond motifs is 2. The molecule has 6 rings (SSSR count). The number of benzene rings is 4. The van der Waals surface area contributed by atoms with Crippen LogP contribution >= 0.6 is 25.0 Å². The summed E-state index contributed by atoms with van der Waals surface area (Å²) in [5.41, 5.74) is 4.72. The highest BCUT2D eigenvalue weighted by atomic mass is 32.2. The zero-order valence-corrected chi connectivity index (χ0v) is 28.2. The number of aromatic nitrogens is 2. The van der Waals surface area contributed by atoms with Crippen LogP contribution < -0.4 is 25.8 Å². The lowest BCUT2D eigenvalue weighted by atomic mass is 9.97. The first-order valence-corrected chi connectivity index (χ1v) is 16.5. The van der Waals surface area contributed by atoms with Crippen LogP contribution in [0.4, 0.5) is 15.8 Å². The molecule has 0 saturated carbocycles. The van der Waals surface area contributed by atoms with Gasteiger partial charge in [0, 0.05) is 36.7 Å². The zero-order valence-electron chi connectivity index (χ0n) is 26.5. The van der Waals surface area contributed by atoms with Crippen LogP contribution in [0, 0.1) is 12.7 Å². The molecule has 3 amide bonds. The number of imidazole rings is 1. The van der Waals surface area contributed by atoms with Gasteiger partial charge in [0.15, 0.2) is 5.82 Å². The predicted octanol–water partition coefficient (Wildman–Crippen LogP) is 4.66. The molecular formula is C34H33FN6O6S2. The van der Waals surface area contributed by atoms with Crippen LogP contribution in [0.2, 0.25) is 0 Å². The maximum Gasteiger partial charge on any atom is 0.329 e. The van der Waals surface area contributed by atoms with Crippen molar-refractivity contribution < 1.29 is 28.1 Å². The maximum absolute atomic E-state index is 15.4. The largest absolute Gasteiger partial charge is 0.506 e. The van der Waals surface area contributed by atoms with E-state index in [1.807, 2.05) is 37.3 Å². The van der Waals surface area contributed by atoms with E-state index in [0.29, 0.717) is 22.1 Å². The Morgan fingerprint density at radius 3 is 2.65 bits per heavy atom. The van der Waals surface area contributed by atoms with Gasteiger partial charge in [-0.3, -0.25) is 38.3 Å². The molecule has 1 aliphatic heterocycles. The second-order valence-electron chi connectivity index (χ2n) is 11.8. The maximum atomic E-state index is 15.4. The summed E-state index contributed by atoms with van der Waals surface area (Å²) in [6, 6.07) is 16.6. The number of nitrogens with two attached hydrogens (primary N) is 1. The SMILES string of the molecule is Cc1cc(CC(=O)Nc2ccc3c(F)c(N(CCOS)SN)c(O)cc3c2)ccc1-c1ccc2c(c1)n(C)c(=O)n2C1CCC(=O)NC1=O. The minimum absolute atomic E-state index is 0.0735. The average molecular weight is 705 g/mol. The van der Waals surface area contributed by atoms with Gasteiger partial charge in [0.05, 0.1) is 30.6 Å². The summed E-state index contributed by atoms with van der Waals surface area (Å²) in [6.45, 7) is 2.27. The number of amides is 3. The standard InChI is InChI=1S/C34H33FN6O6S2/c1-18-13-19(14-30(44)37-22-5-7-24-21(15-22)17-28(42)32(31(24)35)40(49-36)11-12-47-48)3-6-23(18)20-4-8-25-27(16-20)39(2)34(46)41(25)26-9-10-29(43)38-33(26)45/h3-8,13,15-17,26,42,48H,9-12,14,36H2,1-2H3,(H,37,44)(H,38,43,45). The lowest BCUT2D eigenvalue weighted by Gasteiger charge is -2.22. The lowest BCUT2D eigenvalue weighted by Crippen LogP contribution is -2.44. The molecule has 12 nitrogen and oxygen atoms in total. The average Bonchev–Trinajstić information content (AvgIpc) is 3.30. The van der Waals surface area contributed by atoms with E-state index < -0.39 is 17.8 Å². The highest BCUT2D eigenvalue weighted by Crippen LogP contribution is 2.39. The fraction of sp³-hybridized carbons (Fsp3) is 0.235. The third kappa shape index (κ3) is 6.62. The van der Waals surface area contributed by atoms with Crippen LogP contribution in [-0.4, -0.2) is 45.1 Å². The molecule has 49 heavy (non-hydrogen) atoms. The molecule has 254 valence electrons. The van der Waals surface area contributed by atoms with E-state index in [1.165, 1.54) is 25.6 Å².